The predicted octanol–water partition coefficient (Wildman–Crippen LogP) is 5.56. The third kappa shape index (κ3) is 3.27. The minimum atomic E-state index is -3.71. The van der Waals surface area contributed by atoms with Crippen molar-refractivity contribution in [3.8, 4) is 16.9 Å². The molecule has 3 aromatic carbocycles. The number of fused-ring (bicyclic) bond motifs is 2. The van der Waals surface area contributed by atoms with Gasteiger partial charge in [0.05, 0.1) is 16.6 Å². The van der Waals surface area contributed by atoms with E-state index >= 15 is 0 Å². The Bertz CT molecular complexity index is 1160. The molecule has 4 nitrogen and oxygen atoms in total. The first-order chi connectivity index (χ1) is 14.5. The fraction of sp³-hybridized carbons (Fsp3) is 0.280. The van der Waals surface area contributed by atoms with Gasteiger partial charge in [-0.25, -0.2) is 8.42 Å². The van der Waals surface area contributed by atoms with Gasteiger partial charge in [-0.2, -0.15) is 0 Å². The molecule has 5 rings (SSSR count). The third-order valence-electron chi connectivity index (χ3n) is 6.13. The summed E-state index contributed by atoms with van der Waals surface area (Å²) < 4.78 is 35.6. The van der Waals surface area contributed by atoms with Gasteiger partial charge >= 0.3 is 0 Å². The Balaban J connectivity index is 1.67. The molecule has 0 N–H and O–H groups in total. The first-order valence-corrected chi connectivity index (χ1v) is 12.0. The highest BCUT2D eigenvalue weighted by atomic mass is 32.2. The lowest BCUT2D eigenvalue weighted by Gasteiger charge is -2.44. The van der Waals surface area contributed by atoms with Gasteiger partial charge in [0, 0.05) is 0 Å². The SMILES string of the molecule is Cc1ccc(S(=O)(=O)N2c3cc(-c4ccccc4)ccc3O[C@@H]3CCCC[C@H]32)cc1. The first kappa shape index (κ1) is 19.2. The zero-order chi connectivity index (χ0) is 20.7. The van der Waals surface area contributed by atoms with E-state index in [4.69, 9.17) is 4.74 Å². The van der Waals surface area contributed by atoms with Gasteiger partial charge in [0.15, 0.2) is 0 Å². The van der Waals surface area contributed by atoms with E-state index in [1.807, 2.05) is 67.6 Å². The minimum Gasteiger partial charge on any atom is -0.486 e. The maximum atomic E-state index is 13.8. The molecule has 0 amide bonds. The molecule has 2 atom stereocenters. The van der Waals surface area contributed by atoms with Crippen molar-refractivity contribution in [2.75, 3.05) is 4.31 Å². The number of benzene rings is 3. The molecule has 0 spiro atoms. The Morgan fingerprint density at radius 3 is 2.37 bits per heavy atom. The molecule has 1 aliphatic heterocycles. The molecular formula is C25H25NO3S. The van der Waals surface area contributed by atoms with Gasteiger partial charge < -0.3 is 4.74 Å². The van der Waals surface area contributed by atoms with Crippen LogP contribution in [0.2, 0.25) is 0 Å². The van der Waals surface area contributed by atoms with Crippen LogP contribution in [0.3, 0.4) is 0 Å². The van der Waals surface area contributed by atoms with E-state index in [0.29, 0.717) is 16.3 Å². The van der Waals surface area contributed by atoms with Crippen LogP contribution in [0.1, 0.15) is 31.2 Å². The zero-order valence-electron chi connectivity index (χ0n) is 17.0. The molecule has 1 heterocycles. The maximum absolute atomic E-state index is 13.8. The van der Waals surface area contributed by atoms with E-state index in [0.717, 1.165) is 42.4 Å². The summed E-state index contributed by atoms with van der Waals surface area (Å²) >= 11 is 0. The van der Waals surface area contributed by atoms with E-state index in [1.165, 1.54) is 0 Å². The molecule has 2 aliphatic rings. The highest BCUT2D eigenvalue weighted by molar-refractivity contribution is 7.92. The van der Waals surface area contributed by atoms with E-state index in [1.54, 1.807) is 16.4 Å². The van der Waals surface area contributed by atoms with E-state index in [9.17, 15) is 8.42 Å². The molecule has 0 aromatic heterocycles. The number of hydrogen-bond acceptors (Lipinski definition) is 3. The number of ether oxygens (including phenoxy) is 1. The topological polar surface area (TPSA) is 46.6 Å². The average molecular weight is 420 g/mol. The molecule has 1 saturated carbocycles. The molecule has 0 bridgehead atoms. The Kier molecular flexibility index (Phi) is 4.78. The third-order valence-corrected chi connectivity index (χ3v) is 7.98. The molecule has 0 saturated heterocycles. The largest absolute Gasteiger partial charge is 0.486 e. The van der Waals surface area contributed by atoms with Crippen LogP contribution in [0.4, 0.5) is 5.69 Å². The number of aryl methyl sites for hydroxylation is 1. The van der Waals surface area contributed by atoms with Gasteiger partial charge in [-0.05, 0) is 61.6 Å². The average Bonchev–Trinajstić information content (AvgIpc) is 2.78. The zero-order valence-corrected chi connectivity index (χ0v) is 17.8. The first-order valence-electron chi connectivity index (χ1n) is 10.5. The second-order valence-corrected chi connectivity index (χ2v) is 9.99. The highest BCUT2D eigenvalue weighted by Crippen LogP contribution is 2.45. The molecule has 5 heteroatoms. The van der Waals surface area contributed by atoms with Gasteiger partial charge in [-0.3, -0.25) is 4.31 Å². The fourth-order valence-corrected chi connectivity index (χ4v) is 6.26. The Hall–Kier alpha value is -2.79. The minimum absolute atomic E-state index is 0.103. The molecule has 1 fully saturated rings. The van der Waals surface area contributed by atoms with Gasteiger partial charge in [0.1, 0.15) is 11.9 Å². The van der Waals surface area contributed by atoms with E-state index < -0.39 is 10.0 Å². The quantitative estimate of drug-likeness (QED) is 0.558. The van der Waals surface area contributed by atoms with Crippen LogP contribution in [0.5, 0.6) is 5.75 Å². The van der Waals surface area contributed by atoms with Gasteiger partial charge in [0.25, 0.3) is 10.0 Å². The summed E-state index contributed by atoms with van der Waals surface area (Å²) in [6.07, 6.45) is 3.67. The van der Waals surface area contributed by atoms with Crippen LogP contribution >= 0.6 is 0 Å². The lowest BCUT2D eigenvalue weighted by atomic mass is 9.90. The smallest absolute Gasteiger partial charge is 0.264 e. The van der Waals surface area contributed by atoms with Crippen LogP contribution in [0, 0.1) is 6.92 Å². The number of rotatable bonds is 3. The lowest BCUT2D eigenvalue weighted by molar-refractivity contribution is 0.122. The van der Waals surface area contributed by atoms with E-state index in [2.05, 4.69) is 0 Å². The second kappa shape index (κ2) is 7.47. The summed E-state index contributed by atoms with van der Waals surface area (Å²) in [5.41, 5.74) is 3.72. The van der Waals surface area contributed by atoms with Gasteiger partial charge in [-0.1, -0.05) is 60.5 Å². The normalized spacial score (nSPS) is 20.8. The van der Waals surface area contributed by atoms with Crippen LogP contribution in [0.15, 0.2) is 77.7 Å². The van der Waals surface area contributed by atoms with Crippen LogP contribution in [0.25, 0.3) is 11.1 Å². The molecule has 0 unspecified atom stereocenters. The monoisotopic (exact) mass is 419 g/mol. The van der Waals surface area contributed by atoms with Crippen LogP contribution in [-0.2, 0) is 10.0 Å². The van der Waals surface area contributed by atoms with Crippen molar-refractivity contribution in [3.63, 3.8) is 0 Å². The number of nitrogens with zero attached hydrogens (tertiary/aromatic N) is 1. The molecule has 1 aliphatic carbocycles. The molecular weight excluding hydrogens is 394 g/mol. The summed E-state index contributed by atoms with van der Waals surface area (Å²) in [5.74, 6) is 0.647. The van der Waals surface area contributed by atoms with Crippen molar-refractivity contribution in [2.45, 2.75) is 49.6 Å². The molecule has 30 heavy (non-hydrogen) atoms. The summed E-state index contributed by atoms with van der Waals surface area (Å²) in [6, 6.07) is 22.9. The maximum Gasteiger partial charge on any atom is 0.264 e. The summed E-state index contributed by atoms with van der Waals surface area (Å²) in [7, 11) is -3.71. The second-order valence-electron chi connectivity index (χ2n) is 8.17. The number of hydrogen-bond donors (Lipinski definition) is 0. The van der Waals surface area contributed by atoms with Crippen LogP contribution < -0.4 is 9.04 Å². The molecule has 154 valence electrons. The van der Waals surface area contributed by atoms with Gasteiger partial charge in [0.2, 0.25) is 0 Å². The lowest BCUT2D eigenvalue weighted by Crippen LogP contribution is -2.53. The van der Waals surface area contributed by atoms with Crippen molar-refractivity contribution in [2.24, 2.45) is 0 Å². The fourth-order valence-electron chi connectivity index (χ4n) is 4.56. The Morgan fingerprint density at radius 1 is 0.867 bits per heavy atom. The predicted molar refractivity (Wildman–Crippen MR) is 119 cm³/mol. The van der Waals surface area contributed by atoms with Crippen molar-refractivity contribution in [1.82, 2.24) is 0 Å². The van der Waals surface area contributed by atoms with Crippen molar-refractivity contribution in [3.05, 3.63) is 78.4 Å². The Labute approximate surface area is 178 Å². The van der Waals surface area contributed by atoms with Crippen molar-refractivity contribution >= 4 is 15.7 Å². The standard InChI is InChI=1S/C25H25NO3S/c1-18-11-14-21(15-12-18)30(27,28)26-22-9-5-6-10-24(22)29-25-16-13-20(17-23(25)26)19-7-3-2-4-8-19/h2-4,7-8,11-17,22,24H,5-6,9-10H2,1H3/t22-,24-/m1/s1. The number of sulfonamides is 1. The number of anilines is 1. The summed E-state index contributed by atoms with van der Waals surface area (Å²) in [4.78, 5) is 0.329. The molecule has 0 radical (unpaired) electrons. The Morgan fingerprint density at radius 2 is 1.60 bits per heavy atom. The van der Waals surface area contributed by atoms with Crippen molar-refractivity contribution < 1.29 is 13.2 Å². The van der Waals surface area contributed by atoms with Crippen LogP contribution in [-0.4, -0.2) is 20.6 Å². The van der Waals surface area contributed by atoms with Crippen molar-refractivity contribution in [1.29, 1.82) is 0 Å². The summed E-state index contributed by atoms with van der Waals surface area (Å²) in [5, 5.41) is 0. The van der Waals surface area contributed by atoms with Gasteiger partial charge in [-0.15, -0.1) is 0 Å². The highest BCUT2D eigenvalue weighted by Gasteiger charge is 2.43. The molecule has 3 aromatic rings. The van der Waals surface area contributed by atoms with E-state index in [-0.39, 0.29) is 12.1 Å². The summed E-state index contributed by atoms with van der Waals surface area (Å²) in [6.45, 7) is 1.96.